The second kappa shape index (κ2) is 13.5. The minimum Gasteiger partial charge on any atom is -0.396 e. The van der Waals surface area contributed by atoms with Crippen LogP contribution in [0.25, 0.3) is 0 Å². The number of halogens is 2. The Morgan fingerprint density at radius 2 is 1.68 bits per heavy atom. The van der Waals surface area contributed by atoms with Gasteiger partial charge in [-0.15, -0.1) is 0 Å². The van der Waals surface area contributed by atoms with Crippen LogP contribution >= 0.6 is 23.2 Å². The Hall–Kier alpha value is -3.11. The van der Waals surface area contributed by atoms with Crippen molar-refractivity contribution in [3.05, 3.63) is 64.3 Å². The molecule has 2 heterocycles. The zero-order valence-electron chi connectivity index (χ0n) is 23.2. The van der Waals surface area contributed by atoms with Crippen LogP contribution in [0.2, 0.25) is 10.0 Å². The van der Waals surface area contributed by atoms with Gasteiger partial charge in [0.2, 0.25) is 5.95 Å². The summed E-state index contributed by atoms with van der Waals surface area (Å²) in [4.78, 5) is 27.0. The second-order valence-corrected chi connectivity index (χ2v) is 11.5. The first-order valence-electron chi connectivity index (χ1n) is 13.5. The molecule has 40 heavy (non-hydrogen) atoms. The van der Waals surface area contributed by atoms with Crippen LogP contribution in [-0.4, -0.2) is 70.8 Å². The Bertz CT molecular complexity index is 1270. The van der Waals surface area contributed by atoms with Gasteiger partial charge < -0.3 is 26.0 Å². The van der Waals surface area contributed by atoms with Crippen LogP contribution in [0.3, 0.4) is 0 Å². The number of nitrogens with zero attached hydrogens (tertiary/aromatic N) is 4. The molecule has 1 fully saturated rings. The fourth-order valence-corrected chi connectivity index (χ4v) is 5.00. The summed E-state index contributed by atoms with van der Waals surface area (Å²) >= 11 is 12.5. The lowest BCUT2D eigenvalue weighted by molar-refractivity contribution is 0.102. The summed E-state index contributed by atoms with van der Waals surface area (Å²) in [5.41, 5.74) is 2.77. The topological polar surface area (TPSA) is 106 Å². The molecule has 4 N–H and O–H groups in total. The molecule has 0 atom stereocenters. The lowest BCUT2D eigenvalue weighted by Crippen LogP contribution is -2.53. The first kappa shape index (κ1) is 29.9. The van der Waals surface area contributed by atoms with E-state index in [1.54, 1.807) is 18.2 Å². The molecule has 0 unspecified atom stereocenters. The zero-order valence-corrected chi connectivity index (χ0v) is 24.7. The van der Waals surface area contributed by atoms with E-state index in [1.165, 1.54) is 11.9 Å². The highest BCUT2D eigenvalue weighted by molar-refractivity contribution is 6.40. The first-order valence-corrected chi connectivity index (χ1v) is 14.3. The maximum atomic E-state index is 13.1. The molecule has 3 aromatic rings. The van der Waals surface area contributed by atoms with E-state index in [4.69, 9.17) is 28.3 Å². The van der Waals surface area contributed by atoms with Gasteiger partial charge in [-0.3, -0.25) is 9.69 Å². The number of rotatable bonds is 10. The van der Waals surface area contributed by atoms with Crippen LogP contribution in [0.15, 0.2) is 48.7 Å². The normalized spacial score (nSPS) is 14.2. The third kappa shape index (κ3) is 7.75. The summed E-state index contributed by atoms with van der Waals surface area (Å²) in [6.07, 6.45) is 2.82. The third-order valence-electron chi connectivity index (χ3n) is 6.83. The van der Waals surface area contributed by atoms with Gasteiger partial charge in [-0.2, -0.15) is 4.98 Å². The SMILES string of the molecule is CC(C)(C)N1CCN(c2ccc(Nc3ncc(C(=O)Nc4c(Cl)cccc4Cl)c(NCCCCO)n3)cc2)CC1. The van der Waals surface area contributed by atoms with E-state index in [9.17, 15) is 4.79 Å². The van der Waals surface area contributed by atoms with Gasteiger partial charge >= 0.3 is 0 Å². The first-order chi connectivity index (χ1) is 19.2. The number of aliphatic hydroxyl groups is 1. The smallest absolute Gasteiger partial charge is 0.261 e. The van der Waals surface area contributed by atoms with Crippen molar-refractivity contribution in [3.63, 3.8) is 0 Å². The van der Waals surface area contributed by atoms with Crippen molar-refractivity contribution in [2.45, 2.75) is 39.2 Å². The lowest BCUT2D eigenvalue weighted by atomic mass is 10.0. The van der Waals surface area contributed by atoms with E-state index in [0.717, 1.165) is 31.9 Å². The van der Waals surface area contributed by atoms with Crippen LogP contribution in [0.4, 0.5) is 28.8 Å². The highest BCUT2D eigenvalue weighted by Crippen LogP contribution is 2.31. The molecule has 2 aromatic carbocycles. The summed E-state index contributed by atoms with van der Waals surface area (Å²) in [7, 11) is 0. The highest BCUT2D eigenvalue weighted by Gasteiger charge is 2.26. The number of aliphatic hydroxyl groups excluding tert-OH is 1. The molecule has 0 radical (unpaired) electrons. The molecule has 1 aliphatic heterocycles. The molecule has 1 amide bonds. The molecular formula is C29H37Cl2N7O2. The fourth-order valence-electron chi connectivity index (χ4n) is 4.50. The number of para-hydroxylation sites is 1. The van der Waals surface area contributed by atoms with Crippen LogP contribution in [0.1, 0.15) is 44.0 Å². The standard InChI is InChI=1S/C29H37Cl2N7O2/c1-29(2,3)38-16-14-37(15-17-38)21-11-9-20(10-12-21)34-28-33-19-22(26(36-28)32-13-4-5-18-39)27(40)35-25-23(30)7-6-8-24(25)31/h6-12,19,39H,4-5,13-18H2,1-3H3,(H,35,40)(H2,32,33,34,36). The second-order valence-electron chi connectivity index (χ2n) is 10.7. The minimum absolute atomic E-state index is 0.0961. The fraction of sp³-hybridized carbons (Fsp3) is 0.414. The Morgan fingerprint density at radius 1 is 1.00 bits per heavy atom. The van der Waals surface area contributed by atoms with Gasteiger partial charge in [0.1, 0.15) is 11.4 Å². The molecular weight excluding hydrogens is 549 g/mol. The molecule has 0 bridgehead atoms. The van der Waals surface area contributed by atoms with Gasteiger partial charge in [-0.1, -0.05) is 29.3 Å². The average molecular weight is 587 g/mol. The Labute approximate surface area is 245 Å². The van der Waals surface area contributed by atoms with Crippen LogP contribution in [0.5, 0.6) is 0 Å². The molecule has 0 saturated carbocycles. The van der Waals surface area contributed by atoms with Crippen molar-refractivity contribution in [2.75, 3.05) is 60.2 Å². The lowest BCUT2D eigenvalue weighted by Gasteiger charge is -2.43. The van der Waals surface area contributed by atoms with E-state index in [0.29, 0.717) is 46.9 Å². The monoisotopic (exact) mass is 585 g/mol. The van der Waals surface area contributed by atoms with Gasteiger partial charge in [-0.25, -0.2) is 4.98 Å². The Kier molecular flexibility index (Phi) is 10.1. The summed E-state index contributed by atoms with van der Waals surface area (Å²) in [6, 6.07) is 13.2. The van der Waals surface area contributed by atoms with E-state index in [-0.39, 0.29) is 17.7 Å². The number of benzene rings is 2. The quantitative estimate of drug-likeness (QED) is 0.218. The van der Waals surface area contributed by atoms with E-state index >= 15 is 0 Å². The summed E-state index contributed by atoms with van der Waals surface area (Å²) in [6.45, 7) is 11.4. The van der Waals surface area contributed by atoms with Gasteiger partial charge in [0.05, 0.1) is 15.7 Å². The number of aromatic nitrogens is 2. The molecule has 4 rings (SSSR count). The number of hydrogen-bond donors (Lipinski definition) is 4. The largest absolute Gasteiger partial charge is 0.396 e. The molecule has 1 aliphatic rings. The van der Waals surface area contributed by atoms with Gasteiger partial charge in [-0.05, 0) is 70.0 Å². The Morgan fingerprint density at radius 3 is 2.30 bits per heavy atom. The van der Waals surface area contributed by atoms with E-state index in [1.807, 2.05) is 12.1 Å². The van der Waals surface area contributed by atoms with Crippen molar-refractivity contribution in [2.24, 2.45) is 0 Å². The predicted molar refractivity (Wildman–Crippen MR) is 165 cm³/mol. The highest BCUT2D eigenvalue weighted by atomic mass is 35.5. The minimum atomic E-state index is -0.442. The molecule has 214 valence electrons. The number of unbranched alkanes of at least 4 members (excludes halogenated alkanes) is 1. The number of amides is 1. The number of hydrogen-bond acceptors (Lipinski definition) is 8. The molecule has 11 heteroatoms. The maximum absolute atomic E-state index is 13.1. The third-order valence-corrected chi connectivity index (χ3v) is 7.46. The van der Waals surface area contributed by atoms with Crippen LogP contribution in [-0.2, 0) is 0 Å². The van der Waals surface area contributed by atoms with Crippen molar-refractivity contribution in [1.82, 2.24) is 14.9 Å². The van der Waals surface area contributed by atoms with Crippen molar-refractivity contribution in [3.8, 4) is 0 Å². The molecule has 1 saturated heterocycles. The average Bonchev–Trinajstić information content (AvgIpc) is 2.93. The molecule has 1 aromatic heterocycles. The zero-order chi connectivity index (χ0) is 28.7. The number of piperazine rings is 1. The number of nitrogens with one attached hydrogen (secondary N) is 3. The van der Waals surface area contributed by atoms with Crippen LogP contribution < -0.4 is 20.9 Å². The van der Waals surface area contributed by atoms with Gasteiger partial charge in [0, 0.05) is 62.4 Å². The number of carbonyl (C=O) groups excluding carboxylic acids is 1. The van der Waals surface area contributed by atoms with Crippen molar-refractivity contribution >= 4 is 57.9 Å². The Balaban J connectivity index is 1.46. The summed E-state index contributed by atoms with van der Waals surface area (Å²) in [5, 5.41) is 19.0. The maximum Gasteiger partial charge on any atom is 0.261 e. The van der Waals surface area contributed by atoms with E-state index < -0.39 is 5.91 Å². The molecule has 0 spiro atoms. The van der Waals surface area contributed by atoms with E-state index in [2.05, 4.69) is 68.6 Å². The summed E-state index contributed by atoms with van der Waals surface area (Å²) < 4.78 is 0. The molecule has 0 aliphatic carbocycles. The van der Waals surface area contributed by atoms with Crippen LogP contribution in [0, 0.1) is 0 Å². The molecule has 9 nitrogen and oxygen atoms in total. The summed E-state index contributed by atoms with van der Waals surface area (Å²) in [5.74, 6) is 0.273. The predicted octanol–water partition coefficient (Wildman–Crippen LogP) is 5.88. The van der Waals surface area contributed by atoms with Gasteiger partial charge in [0.15, 0.2) is 0 Å². The number of carbonyl (C=O) groups is 1. The van der Waals surface area contributed by atoms with Crippen molar-refractivity contribution < 1.29 is 9.90 Å². The van der Waals surface area contributed by atoms with Gasteiger partial charge in [0.25, 0.3) is 5.91 Å². The van der Waals surface area contributed by atoms with Crippen molar-refractivity contribution in [1.29, 1.82) is 0 Å². The number of anilines is 5.